The molecule has 0 radical (unpaired) electrons. The molecule has 0 spiro atoms. The van der Waals surface area contributed by atoms with Gasteiger partial charge < -0.3 is 10.2 Å². The zero-order valence-electron chi connectivity index (χ0n) is 14.5. The van der Waals surface area contributed by atoms with Gasteiger partial charge in [-0.05, 0) is 25.0 Å². The van der Waals surface area contributed by atoms with E-state index in [0.29, 0.717) is 16.9 Å². The monoisotopic (exact) mass is 371 g/mol. The molecule has 1 aliphatic rings. The fraction of sp³-hybridized carbons (Fsp3) is 0.600. The summed E-state index contributed by atoms with van der Waals surface area (Å²) in [5, 5.41) is 13.8. The van der Waals surface area contributed by atoms with Crippen LogP contribution in [0.4, 0.5) is 19.0 Å². The van der Waals surface area contributed by atoms with Crippen molar-refractivity contribution in [1.29, 1.82) is 0 Å². The number of fused-ring (bicyclic) bond motifs is 1. The summed E-state index contributed by atoms with van der Waals surface area (Å²) in [6, 6.07) is 3.12. The minimum Gasteiger partial charge on any atom is -0.366 e. The van der Waals surface area contributed by atoms with Crippen LogP contribution in [0, 0.1) is 0 Å². The Morgan fingerprint density at radius 2 is 1.96 bits per heavy atom. The highest BCUT2D eigenvalue weighted by atomic mass is 19.4. The lowest BCUT2D eigenvalue weighted by Crippen LogP contribution is -2.44. The van der Waals surface area contributed by atoms with Crippen LogP contribution in [0.3, 0.4) is 0 Å². The molecule has 1 N–H and O–H groups in total. The van der Waals surface area contributed by atoms with Crippen molar-refractivity contribution in [2.24, 2.45) is 0 Å². The molecule has 2 aromatic heterocycles. The number of hydrogen-bond acceptors (Lipinski definition) is 6. The number of carbonyl (C=O) groups is 1. The van der Waals surface area contributed by atoms with Gasteiger partial charge >= 0.3 is 6.18 Å². The highest BCUT2D eigenvalue weighted by Crippen LogP contribution is 2.27. The van der Waals surface area contributed by atoms with Gasteiger partial charge in [-0.3, -0.25) is 9.69 Å². The molecule has 8 nitrogen and oxygen atoms in total. The number of carbonyl (C=O) groups excluding carboxylic acids is 1. The third-order valence-electron chi connectivity index (χ3n) is 4.31. The van der Waals surface area contributed by atoms with Gasteiger partial charge in [-0.1, -0.05) is 0 Å². The van der Waals surface area contributed by atoms with Gasteiger partial charge in [0, 0.05) is 33.2 Å². The average molecular weight is 371 g/mol. The molecule has 0 unspecified atom stereocenters. The van der Waals surface area contributed by atoms with Gasteiger partial charge in [-0.2, -0.15) is 17.7 Å². The number of likely N-dealkylation sites (tertiary alicyclic amines) is 1. The van der Waals surface area contributed by atoms with Crippen LogP contribution in [-0.2, 0) is 11.0 Å². The van der Waals surface area contributed by atoms with Gasteiger partial charge in [0.1, 0.15) is 5.82 Å². The fourth-order valence-corrected chi connectivity index (χ4v) is 2.82. The van der Waals surface area contributed by atoms with E-state index in [9.17, 15) is 18.0 Å². The molecule has 0 aliphatic carbocycles. The minimum atomic E-state index is -4.62. The Bertz CT molecular complexity index is 781. The molecule has 1 amide bonds. The van der Waals surface area contributed by atoms with Crippen molar-refractivity contribution >= 4 is 17.4 Å². The lowest BCUT2D eigenvalue weighted by atomic mass is 10.1. The van der Waals surface area contributed by atoms with Gasteiger partial charge in [-0.25, -0.2) is 0 Å². The second-order valence-corrected chi connectivity index (χ2v) is 6.49. The molecule has 0 bridgehead atoms. The molecule has 11 heteroatoms. The summed E-state index contributed by atoms with van der Waals surface area (Å²) in [5.41, 5.74) is 0.0416. The largest absolute Gasteiger partial charge is 0.453 e. The molecule has 3 heterocycles. The smallest absolute Gasteiger partial charge is 0.366 e. The first kappa shape index (κ1) is 18.4. The van der Waals surface area contributed by atoms with E-state index in [4.69, 9.17) is 0 Å². The van der Waals surface area contributed by atoms with E-state index in [-0.39, 0.29) is 17.6 Å². The number of nitrogens with zero attached hydrogens (tertiary/aromatic N) is 6. The standard InChI is InChI=1S/C15H20F3N7O/c1-23(2)13(26)9-24-7-5-10(6-8-24)19-11-3-4-12-20-21-14(15(16,17)18)25(12)22-11/h3-4,10H,5-9H2,1-2H3,(H,19,22). The van der Waals surface area contributed by atoms with E-state index in [0.717, 1.165) is 25.9 Å². The number of piperidine rings is 1. The summed E-state index contributed by atoms with van der Waals surface area (Å²) in [6.07, 6.45) is -3.07. The molecular formula is C15H20F3N7O. The molecule has 1 fully saturated rings. The Morgan fingerprint density at radius 1 is 1.27 bits per heavy atom. The number of amides is 1. The average Bonchev–Trinajstić information content (AvgIpc) is 3.00. The van der Waals surface area contributed by atoms with E-state index in [1.807, 2.05) is 0 Å². The number of rotatable bonds is 4. The Kier molecular flexibility index (Phi) is 4.99. The highest BCUT2D eigenvalue weighted by Gasteiger charge is 2.37. The highest BCUT2D eigenvalue weighted by molar-refractivity contribution is 5.77. The summed E-state index contributed by atoms with van der Waals surface area (Å²) in [6.45, 7) is 1.85. The van der Waals surface area contributed by atoms with E-state index < -0.39 is 12.0 Å². The lowest BCUT2D eigenvalue weighted by Gasteiger charge is -2.32. The Labute approximate surface area is 148 Å². The van der Waals surface area contributed by atoms with Crippen LogP contribution in [0.25, 0.3) is 5.65 Å². The summed E-state index contributed by atoms with van der Waals surface area (Å²) in [4.78, 5) is 15.4. The number of alkyl halides is 3. The first-order valence-corrected chi connectivity index (χ1v) is 8.23. The van der Waals surface area contributed by atoms with E-state index in [1.165, 1.54) is 6.07 Å². The summed E-state index contributed by atoms with van der Waals surface area (Å²) in [5.74, 6) is -0.755. The van der Waals surface area contributed by atoms with Gasteiger partial charge in [0.2, 0.25) is 5.91 Å². The number of likely N-dealkylation sites (N-methyl/N-ethyl adjacent to an activating group) is 1. The van der Waals surface area contributed by atoms with Gasteiger partial charge in [0.05, 0.1) is 6.54 Å². The van der Waals surface area contributed by atoms with Crippen LogP contribution in [0.15, 0.2) is 12.1 Å². The molecule has 1 aliphatic heterocycles. The third-order valence-corrected chi connectivity index (χ3v) is 4.31. The first-order chi connectivity index (χ1) is 12.2. The Balaban J connectivity index is 1.63. The molecule has 0 aromatic carbocycles. The van der Waals surface area contributed by atoms with Crippen molar-refractivity contribution in [3.05, 3.63) is 18.0 Å². The quantitative estimate of drug-likeness (QED) is 0.868. The van der Waals surface area contributed by atoms with Crippen LogP contribution in [0.2, 0.25) is 0 Å². The number of nitrogens with one attached hydrogen (secondary N) is 1. The number of aromatic nitrogens is 4. The van der Waals surface area contributed by atoms with Crippen LogP contribution in [0.5, 0.6) is 0 Å². The van der Waals surface area contributed by atoms with Crippen LogP contribution < -0.4 is 5.32 Å². The number of hydrogen-bond donors (Lipinski definition) is 1. The minimum absolute atomic E-state index is 0.0416. The van der Waals surface area contributed by atoms with Crippen molar-refractivity contribution < 1.29 is 18.0 Å². The lowest BCUT2D eigenvalue weighted by molar-refractivity contribution is -0.146. The van der Waals surface area contributed by atoms with Crippen LogP contribution >= 0.6 is 0 Å². The third kappa shape index (κ3) is 4.03. The predicted molar refractivity (Wildman–Crippen MR) is 87.6 cm³/mol. The maximum Gasteiger partial charge on any atom is 0.453 e. The van der Waals surface area contributed by atoms with Gasteiger partial charge in [-0.15, -0.1) is 15.3 Å². The maximum atomic E-state index is 12.9. The second-order valence-electron chi connectivity index (χ2n) is 6.49. The Morgan fingerprint density at radius 3 is 2.58 bits per heavy atom. The first-order valence-electron chi connectivity index (χ1n) is 8.23. The molecular weight excluding hydrogens is 351 g/mol. The SMILES string of the molecule is CN(C)C(=O)CN1CCC(Nc2ccc3nnc(C(F)(F)F)n3n2)CC1. The van der Waals surface area contributed by atoms with Crippen LogP contribution in [-0.4, -0.2) is 75.3 Å². The maximum absolute atomic E-state index is 12.9. The molecule has 0 saturated carbocycles. The zero-order chi connectivity index (χ0) is 18.9. The van der Waals surface area contributed by atoms with Crippen molar-refractivity contribution in [3.63, 3.8) is 0 Å². The molecule has 0 atom stereocenters. The Hall–Kier alpha value is -2.43. The molecule has 142 valence electrons. The summed E-state index contributed by atoms with van der Waals surface area (Å²) >= 11 is 0. The van der Waals surface area contributed by atoms with Crippen molar-refractivity contribution in [2.75, 3.05) is 39.0 Å². The topological polar surface area (TPSA) is 78.7 Å². The normalized spacial score (nSPS) is 16.8. The van der Waals surface area contributed by atoms with Crippen molar-refractivity contribution in [1.82, 2.24) is 29.6 Å². The van der Waals surface area contributed by atoms with E-state index >= 15 is 0 Å². The number of halogens is 3. The molecule has 1 saturated heterocycles. The van der Waals surface area contributed by atoms with Crippen LogP contribution in [0.1, 0.15) is 18.7 Å². The van der Waals surface area contributed by atoms with Gasteiger partial charge in [0.15, 0.2) is 5.65 Å². The fourth-order valence-electron chi connectivity index (χ4n) is 2.82. The molecule has 26 heavy (non-hydrogen) atoms. The summed E-state index contributed by atoms with van der Waals surface area (Å²) in [7, 11) is 3.44. The zero-order valence-corrected chi connectivity index (χ0v) is 14.5. The van der Waals surface area contributed by atoms with E-state index in [2.05, 4.69) is 25.5 Å². The molecule has 2 aromatic rings. The second kappa shape index (κ2) is 7.06. The summed E-state index contributed by atoms with van der Waals surface area (Å²) < 4.78 is 39.5. The number of anilines is 1. The van der Waals surface area contributed by atoms with Crippen molar-refractivity contribution in [3.8, 4) is 0 Å². The van der Waals surface area contributed by atoms with Gasteiger partial charge in [0.25, 0.3) is 5.82 Å². The van der Waals surface area contributed by atoms with Crippen molar-refractivity contribution in [2.45, 2.75) is 25.1 Å². The predicted octanol–water partition coefficient (Wildman–Crippen LogP) is 1.11. The molecule has 3 rings (SSSR count). The van der Waals surface area contributed by atoms with E-state index in [1.54, 1.807) is 25.1 Å².